The van der Waals surface area contributed by atoms with Gasteiger partial charge in [-0.15, -0.1) is 11.3 Å². The van der Waals surface area contributed by atoms with Crippen molar-refractivity contribution < 1.29 is 22.4 Å². The predicted octanol–water partition coefficient (Wildman–Crippen LogP) is 8.40. The first kappa shape index (κ1) is 30.4. The van der Waals surface area contributed by atoms with E-state index >= 15 is 0 Å². The number of rotatable bonds is 6. The van der Waals surface area contributed by atoms with Crippen LogP contribution in [0.25, 0.3) is 33.6 Å². The minimum atomic E-state index is -4.46. The van der Waals surface area contributed by atoms with Gasteiger partial charge in [0.25, 0.3) is 11.5 Å². The summed E-state index contributed by atoms with van der Waals surface area (Å²) in [7, 11) is 0. The van der Waals surface area contributed by atoms with Gasteiger partial charge in [-0.05, 0) is 81.5 Å². The molecule has 0 atom stereocenters. The Hall–Kier alpha value is -4.05. The number of carbonyl (C=O) groups excluding carboxylic acids is 1. The number of hydrogen-bond acceptors (Lipinski definition) is 4. The molecule has 1 fully saturated rings. The van der Waals surface area contributed by atoms with Crippen LogP contribution in [0, 0.1) is 5.82 Å². The van der Waals surface area contributed by atoms with E-state index in [1.54, 1.807) is 28.5 Å². The monoisotopic (exact) mass is 609 g/mol. The van der Waals surface area contributed by atoms with Crippen LogP contribution in [0.4, 0.5) is 17.6 Å². The first-order chi connectivity index (χ1) is 20.5. The van der Waals surface area contributed by atoms with E-state index in [4.69, 9.17) is 0 Å². The molecule has 1 amide bonds. The number of aromatic nitrogens is 2. The summed E-state index contributed by atoms with van der Waals surface area (Å²) in [5, 5.41) is 1.97. The molecule has 0 N–H and O–H groups in total. The molecular formula is C33H31F4N3O2S. The summed E-state index contributed by atoms with van der Waals surface area (Å²) >= 11 is 1.15. The molecule has 3 heterocycles. The normalized spacial score (nSPS) is 13.7. The molecule has 1 saturated heterocycles. The first-order valence-electron chi connectivity index (χ1n) is 14.1. The Balaban J connectivity index is 1.74. The Morgan fingerprint density at radius 1 is 1.02 bits per heavy atom. The van der Waals surface area contributed by atoms with Crippen molar-refractivity contribution in [3.63, 3.8) is 0 Å². The van der Waals surface area contributed by atoms with Gasteiger partial charge < -0.3 is 4.90 Å². The molecule has 0 aliphatic carbocycles. The van der Waals surface area contributed by atoms with Crippen LogP contribution in [-0.2, 0) is 12.6 Å². The molecule has 1 aliphatic heterocycles. The summed E-state index contributed by atoms with van der Waals surface area (Å²) in [4.78, 5) is 34.8. The van der Waals surface area contributed by atoms with Gasteiger partial charge in [-0.1, -0.05) is 30.7 Å². The average Bonchev–Trinajstić information content (AvgIpc) is 3.47. The Morgan fingerprint density at radius 2 is 1.72 bits per heavy atom. The van der Waals surface area contributed by atoms with Crippen molar-refractivity contribution in [3.8, 4) is 27.5 Å². The van der Waals surface area contributed by atoms with E-state index in [9.17, 15) is 27.2 Å². The van der Waals surface area contributed by atoms with E-state index in [2.05, 4.69) is 4.98 Å². The smallest absolute Gasteiger partial charge is 0.339 e. The summed E-state index contributed by atoms with van der Waals surface area (Å²) in [5.74, 6) is -0.744. The molecule has 0 bridgehead atoms. The Bertz CT molecular complexity index is 1740. The van der Waals surface area contributed by atoms with Crippen LogP contribution in [0.3, 0.4) is 0 Å². The number of halogens is 4. The maximum Gasteiger partial charge on any atom is 0.416 e. The summed E-state index contributed by atoms with van der Waals surface area (Å²) in [6.07, 6.45) is 0.610. The molecule has 10 heteroatoms. The number of amides is 1. The lowest BCUT2D eigenvalue weighted by molar-refractivity contribution is -0.137. The zero-order valence-corrected chi connectivity index (χ0v) is 24.9. The van der Waals surface area contributed by atoms with E-state index in [1.165, 1.54) is 28.8 Å². The van der Waals surface area contributed by atoms with Crippen molar-refractivity contribution in [2.45, 2.75) is 52.6 Å². The Kier molecular flexibility index (Phi) is 8.69. The Labute approximate surface area is 251 Å². The molecule has 43 heavy (non-hydrogen) atoms. The number of thiazole rings is 1. The predicted molar refractivity (Wildman–Crippen MR) is 162 cm³/mol. The molecule has 1 aliphatic rings. The fourth-order valence-electron chi connectivity index (χ4n) is 5.28. The van der Waals surface area contributed by atoms with Crippen molar-refractivity contribution in [3.05, 3.63) is 98.0 Å². The highest BCUT2D eigenvalue weighted by atomic mass is 32.1. The average molecular weight is 610 g/mol. The molecular weight excluding hydrogens is 578 g/mol. The van der Waals surface area contributed by atoms with Gasteiger partial charge in [-0.25, -0.2) is 9.37 Å². The summed E-state index contributed by atoms with van der Waals surface area (Å²) < 4.78 is 55.3. The fourth-order valence-corrected chi connectivity index (χ4v) is 6.12. The van der Waals surface area contributed by atoms with Crippen LogP contribution >= 0.6 is 11.3 Å². The first-order valence-corrected chi connectivity index (χ1v) is 15.0. The zero-order valence-electron chi connectivity index (χ0n) is 24.1. The quantitative estimate of drug-likeness (QED) is 0.206. The zero-order chi connectivity index (χ0) is 30.9. The molecule has 4 aromatic rings. The third kappa shape index (κ3) is 6.34. The van der Waals surface area contributed by atoms with Crippen LogP contribution in [0.15, 0.2) is 64.3 Å². The van der Waals surface area contributed by atoms with Crippen molar-refractivity contribution in [2.75, 3.05) is 13.1 Å². The molecule has 2 aromatic heterocycles. The molecule has 5 rings (SSSR count). The number of nitrogens with zero attached hydrogens (tertiary/aromatic N) is 3. The van der Waals surface area contributed by atoms with E-state index in [-0.39, 0.29) is 11.5 Å². The molecule has 0 spiro atoms. The van der Waals surface area contributed by atoms with Gasteiger partial charge in [0.1, 0.15) is 10.8 Å². The summed E-state index contributed by atoms with van der Waals surface area (Å²) in [6.45, 7) is 6.82. The number of likely N-dealkylation sites (tertiary alicyclic amines) is 1. The highest BCUT2D eigenvalue weighted by Crippen LogP contribution is 2.34. The Morgan fingerprint density at radius 3 is 2.35 bits per heavy atom. The van der Waals surface area contributed by atoms with E-state index < -0.39 is 23.1 Å². The van der Waals surface area contributed by atoms with Crippen molar-refractivity contribution in [1.82, 2.24) is 14.5 Å². The lowest BCUT2D eigenvalue weighted by Gasteiger charge is -2.28. The van der Waals surface area contributed by atoms with Crippen LogP contribution in [-0.4, -0.2) is 33.4 Å². The fraction of sp³-hybridized carbons (Fsp3) is 0.303. The number of allylic oxidation sites excluding steroid dienone is 1. The van der Waals surface area contributed by atoms with E-state index in [0.29, 0.717) is 52.7 Å². The standard InChI is InChI=1S/C33H31F4N3O2S/c1-4-21-10-13-24(34)17-28(21)40-29(16-20(2)3)25(31(41)39-14-6-5-7-15-39)18-26(32(40)42)30-38-27(19-43-30)22-8-11-23(12-9-22)33(35,36)37/h8-13,16-19H,4-7,14-15H2,1-3H3. The van der Waals surface area contributed by atoms with E-state index in [1.807, 2.05) is 20.8 Å². The van der Waals surface area contributed by atoms with Crippen LogP contribution < -0.4 is 5.56 Å². The van der Waals surface area contributed by atoms with Crippen LogP contribution in [0.1, 0.15) is 67.2 Å². The van der Waals surface area contributed by atoms with Crippen molar-refractivity contribution in [1.29, 1.82) is 0 Å². The maximum atomic E-state index is 14.7. The molecule has 224 valence electrons. The largest absolute Gasteiger partial charge is 0.416 e. The van der Waals surface area contributed by atoms with Gasteiger partial charge in [0.2, 0.25) is 0 Å². The second-order valence-corrected chi connectivity index (χ2v) is 11.7. The van der Waals surface area contributed by atoms with Crippen LogP contribution in [0.5, 0.6) is 0 Å². The van der Waals surface area contributed by atoms with Gasteiger partial charge in [0.05, 0.1) is 33.8 Å². The number of piperidine rings is 1. The lowest BCUT2D eigenvalue weighted by atomic mass is 10.0. The minimum absolute atomic E-state index is 0.153. The number of benzene rings is 2. The molecule has 2 aromatic carbocycles. The molecule has 0 unspecified atom stereocenters. The second kappa shape index (κ2) is 12.3. The number of carbonyl (C=O) groups is 1. The van der Waals surface area contributed by atoms with Crippen molar-refractivity contribution in [2.24, 2.45) is 0 Å². The summed E-state index contributed by atoms with van der Waals surface area (Å²) in [6, 6.07) is 10.5. The second-order valence-electron chi connectivity index (χ2n) is 10.8. The van der Waals surface area contributed by atoms with Crippen LogP contribution in [0.2, 0.25) is 0 Å². The van der Waals surface area contributed by atoms with Gasteiger partial charge in [0, 0.05) is 24.0 Å². The minimum Gasteiger partial charge on any atom is -0.339 e. The number of hydrogen-bond donors (Lipinski definition) is 0. The molecule has 5 nitrogen and oxygen atoms in total. The molecule has 0 radical (unpaired) electrons. The highest BCUT2D eigenvalue weighted by molar-refractivity contribution is 7.13. The van der Waals surface area contributed by atoms with E-state index in [0.717, 1.165) is 53.9 Å². The topological polar surface area (TPSA) is 55.2 Å². The van der Waals surface area contributed by atoms with Gasteiger partial charge in [0.15, 0.2) is 0 Å². The third-order valence-corrected chi connectivity index (χ3v) is 8.33. The number of pyridine rings is 1. The van der Waals surface area contributed by atoms with Gasteiger partial charge >= 0.3 is 6.18 Å². The lowest BCUT2D eigenvalue weighted by Crippen LogP contribution is -2.37. The van der Waals surface area contributed by atoms with Gasteiger partial charge in [-0.3, -0.25) is 14.2 Å². The summed E-state index contributed by atoms with van der Waals surface area (Å²) in [5.41, 5.74) is 2.35. The number of alkyl halides is 3. The van der Waals surface area contributed by atoms with Crippen molar-refractivity contribution >= 4 is 23.3 Å². The number of aryl methyl sites for hydroxylation is 1. The third-order valence-electron chi connectivity index (χ3n) is 7.45. The molecule has 0 saturated carbocycles. The van der Waals surface area contributed by atoms with Gasteiger partial charge in [-0.2, -0.15) is 13.2 Å². The SMILES string of the molecule is CCc1ccc(F)cc1-n1c(C=C(C)C)c(C(=O)N2CCCCC2)cc(-c2nc(-c3ccc(C(F)(F)F)cc3)cs2)c1=O. The highest BCUT2D eigenvalue weighted by Gasteiger charge is 2.30. The maximum absolute atomic E-state index is 14.7.